The molecule has 3 nitrogen and oxygen atoms in total. The number of benzene rings is 2. The van der Waals surface area contributed by atoms with Gasteiger partial charge < -0.3 is 10.2 Å². The number of anilines is 1. The first kappa shape index (κ1) is 16.5. The molecule has 1 unspecified atom stereocenters. The third kappa shape index (κ3) is 3.58. The van der Waals surface area contributed by atoms with Crippen LogP contribution in [0.2, 0.25) is 0 Å². The van der Waals surface area contributed by atoms with Gasteiger partial charge in [0.25, 0.3) is 0 Å². The van der Waals surface area contributed by atoms with Crippen LogP contribution in [0.25, 0.3) is 0 Å². The Morgan fingerprint density at radius 1 is 1.25 bits per heavy atom. The Labute approximate surface area is 142 Å². The van der Waals surface area contributed by atoms with E-state index in [0.717, 1.165) is 18.4 Å². The van der Waals surface area contributed by atoms with Crippen LogP contribution >= 0.6 is 0 Å². The number of aryl methyl sites for hydroxylation is 1. The molecule has 1 N–H and O–H groups in total. The summed E-state index contributed by atoms with van der Waals surface area (Å²) in [5.74, 6) is 0.0549. The summed E-state index contributed by atoms with van der Waals surface area (Å²) in [6.45, 7) is 0.359. The fraction of sp³-hybridized carbons (Fsp3) is 0.350. The van der Waals surface area contributed by atoms with Crippen molar-refractivity contribution in [2.24, 2.45) is 0 Å². The maximum atomic E-state index is 14.0. The Morgan fingerprint density at radius 2 is 2.04 bits per heavy atom. The molecule has 1 atom stereocenters. The van der Waals surface area contributed by atoms with Gasteiger partial charge in [-0.2, -0.15) is 0 Å². The summed E-state index contributed by atoms with van der Waals surface area (Å²) >= 11 is 0. The van der Waals surface area contributed by atoms with Crippen LogP contribution in [0.4, 0.5) is 10.1 Å². The second-order valence-electron chi connectivity index (χ2n) is 6.60. The zero-order chi connectivity index (χ0) is 17.1. The molecule has 1 aliphatic carbocycles. The van der Waals surface area contributed by atoms with Crippen molar-refractivity contribution < 1.29 is 9.18 Å². The third-order valence-electron chi connectivity index (χ3n) is 4.67. The van der Waals surface area contributed by atoms with E-state index in [1.54, 1.807) is 25.1 Å². The third-order valence-corrected chi connectivity index (χ3v) is 4.67. The molecule has 24 heavy (non-hydrogen) atoms. The molecule has 1 amide bonds. The SMILES string of the molecule is CN(C)c1ccc(CNC(=O)CC2CCc3ccccc32)cc1F. The minimum Gasteiger partial charge on any atom is -0.375 e. The molecule has 4 heteroatoms. The fourth-order valence-electron chi connectivity index (χ4n) is 3.38. The lowest BCUT2D eigenvalue weighted by Crippen LogP contribution is -2.24. The van der Waals surface area contributed by atoms with Gasteiger partial charge in [-0.15, -0.1) is 0 Å². The molecule has 0 saturated carbocycles. The van der Waals surface area contributed by atoms with Crippen LogP contribution < -0.4 is 10.2 Å². The summed E-state index contributed by atoms with van der Waals surface area (Å²) in [6, 6.07) is 13.4. The van der Waals surface area contributed by atoms with E-state index in [2.05, 4.69) is 17.4 Å². The first-order chi connectivity index (χ1) is 11.5. The Balaban J connectivity index is 1.56. The molecule has 0 bridgehead atoms. The maximum Gasteiger partial charge on any atom is 0.220 e. The summed E-state index contributed by atoms with van der Waals surface area (Å²) in [4.78, 5) is 14.0. The maximum absolute atomic E-state index is 14.0. The molecule has 3 rings (SSSR count). The van der Waals surface area contributed by atoms with Crippen LogP contribution in [0.1, 0.15) is 35.4 Å². The van der Waals surface area contributed by atoms with Gasteiger partial charge in [-0.1, -0.05) is 30.3 Å². The molecular weight excluding hydrogens is 303 g/mol. The van der Waals surface area contributed by atoms with E-state index < -0.39 is 0 Å². The highest BCUT2D eigenvalue weighted by Crippen LogP contribution is 2.35. The van der Waals surface area contributed by atoms with Gasteiger partial charge in [-0.3, -0.25) is 4.79 Å². The highest BCUT2D eigenvalue weighted by atomic mass is 19.1. The molecule has 0 fully saturated rings. The van der Waals surface area contributed by atoms with Crippen molar-refractivity contribution in [1.82, 2.24) is 5.32 Å². The van der Waals surface area contributed by atoms with Crippen molar-refractivity contribution in [3.63, 3.8) is 0 Å². The van der Waals surface area contributed by atoms with E-state index in [-0.39, 0.29) is 11.7 Å². The average Bonchev–Trinajstić information content (AvgIpc) is 2.96. The molecule has 126 valence electrons. The van der Waals surface area contributed by atoms with E-state index in [1.165, 1.54) is 17.2 Å². The fourth-order valence-corrected chi connectivity index (χ4v) is 3.38. The molecule has 0 aromatic heterocycles. The van der Waals surface area contributed by atoms with Crippen molar-refractivity contribution in [3.05, 3.63) is 65.0 Å². The Hall–Kier alpha value is -2.36. The molecule has 0 spiro atoms. The molecule has 0 aliphatic heterocycles. The van der Waals surface area contributed by atoms with Gasteiger partial charge in [0.2, 0.25) is 5.91 Å². The van der Waals surface area contributed by atoms with E-state index in [4.69, 9.17) is 0 Å². The monoisotopic (exact) mass is 326 g/mol. The van der Waals surface area contributed by atoms with Crippen molar-refractivity contribution in [2.75, 3.05) is 19.0 Å². The van der Waals surface area contributed by atoms with Crippen molar-refractivity contribution >= 4 is 11.6 Å². The lowest BCUT2D eigenvalue weighted by atomic mass is 9.97. The van der Waals surface area contributed by atoms with Gasteiger partial charge in [0, 0.05) is 27.1 Å². The number of carbonyl (C=O) groups is 1. The molecule has 2 aromatic carbocycles. The summed E-state index contributed by atoms with van der Waals surface area (Å²) in [7, 11) is 3.61. The standard InChI is InChI=1S/C20H23FN2O/c1-23(2)19-10-7-14(11-18(19)21)13-22-20(24)12-16-9-8-15-5-3-4-6-17(15)16/h3-7,10-11,16H,8-9,12-13H2,1-2H3,(H,22,24). The zero-order valence-corrected chi connectivity index (χ0v) is 14.2. The van der Waals surface area contributed by atoms with Crippen molar-refractivity contribution in [3.8, 4) is 0 Å². The van der Waals surface area contributed by atoms with Crippen LogP contribution in [-0.4, -0.2) is 20.0 Å². The van der Waals surface area contributed by atoms with Gasteiger partial charge in [-0.05, 0) is 47.6 Å². The second kappa shape index (κ2) is 7.04. The molecule has 0 radical (unpaired) electrons. The van der Waals surface area contributed by atoms with E-state index in [1.807, 2.05) is 18.2 Å². The largest absolute Gasteiger partial charge is 0.375 e. The Bertz CT molecular complexity index is 742. The quantitative estimate of drug-likeness (QED) is 0.910. The van der Waals surface area contributed by atoms with E-state index >= 15 is 0 Å². The molecule has 1 aliphatic rings. The lowest BCUT2D eigenvalue weighted by molar-refractivity contribution is -0.121. The Morgan fingerprint density at radius 3 is 2.79 bits per heavy atom. The Kier molecular flexibility index (Phi) is 4.84. The van der Waals surface area contributed by atoms with Gasteiger partial charge in [0.1, 0.15) is 5.82 Å². The first-order valence-electron chi connectivity index (χ1n) is 8.35. The highest BCUT2D eigenvalue weighted by Gasteiger charge is 2.24. The molecule has 2 aromatic rings. The molecular formula is C20H23FN2O. The van der Waals surface area contributed by atoms with Gasteiger partial charge in [-0.25, -0.2) is 4.39 Å². The smallest absolute Gasteiger partial charge is 0.220 e. The summed E-state index contributed by atoms with van der Waals surface area (Å²) < 4.78 is 14.0. The van der Waals surface area contributed by atoms with Gasteiger partial charge in [0.15, 0.2) is 0 Å². The number of amides is 1. The number of rotatable bonds is 5. The highest BCUT2D eigenvalue weighted by molar-refractivity contribution is 5.77. The number of halogens is 1. The number of hydrogen-bond acceptors (Lipinski definition) is 2. The molecule has 0 saturated heterocycles. The van der Waals surface area contributed by atoms with Crippen LogP contribution in [0.5, 0.6) is 0 Å². The van der Waals surface area contributed by atoms with Crippen molar-refractivity contribution in [1.29, 1.82) is 0 Å². The number of nitrogens with zero attached hydrogens (tertiary/aromatic N) is 1. The summed E-state index contributed by atoms with van der Waals surface area (Å²) in [5, 5.41) is 2.91. The number of carbonyl (C=O) groups excluding carboxylic acids is 1. The predicted molar refractivity (Wildman–Crippen MR) is 94.7 cm³/mol. The normalized spacial score (nSPS) is 15.9. The van der Waals surface area contributed by atoms with E-state index in [0.29, 0.717) is 24.6 Å². The minimum atomic E-state index is -0.267. The average molecular weight is 326 g/mol. The summed E-state index contributed by atoms with van der Waals surface area (Å²) in [6.07, 6.45) is 2.57. The zero-order valence-electron chi connectivity index (χ0n) is 14.2. The lowest BCUT2D eigenvalue weighted by Gasteiger charge is -2.15. The summed E-state index contributed by atoms with van der Waals surface area (Å²) in [5.41, 5.74) is 3.98. The molecule has 0 heterocycles. The van der Waals surface area contributed by atoms with Crippen LogP contribution in [0.3, 0.4) is 0 Å². The van der Waals surface area contributed by atoms with Gasteiger partial charge >= 0.3 is 0 Å². The van der Waals surface area contributed by atoms with Crippen LogP contribution in [0, 0.1) is 5.82 Å². The number of nitrogens with one attached hydrogen (secondary N) is 1. The minimum absolute atomic E-state index is 0.0220. The number of hydrogen-bond donors (Lipinski definition) is 1. The second-order valence-corrected chi connectivity index (χ2v) is 6.60. The van der Waals surface area contributed by atoms with E-state index in [9.17, 15) is 9.18 Å². The topological polar surface area (TPSA) is 32.3 Å². The first-order valence-corrected chi connectivity index (χ1v) is 8.35. The number of fused-ring (bicyclic) bond motifs is 1. The predicted octanol–water partition coefficient (Wildman–Crippen LogP) is 3.63. The van der Waals surface area contributed by atoms with Crippen LogP contribution in [-0.2, 0) is 17.8 Å². The van der Waals surface area contributed by atoms with Gasteiger partial charge in [0.05, 0.1) is 5.69 Å². The van der Waals surface area contributed by atoms with Crippen molar-refractivity contribution in [2.45, 2.75) is 31.7 Å². The van der Waals surface area contributed by atoms with Crippen LogP contribution in [0.15, 0.2) is 42.5 Å².